The van der Waals surface area contributed by atoms with Crippen LogP contribution >= 0.6 is 0 Å². The molecule has 2 rings (SSSR count). The van der Waals surface area contributed by atoms with Gasteiger partial charge in [0.05, 0.1) is 0 Å². The molecule has 0 spiro atoms. The normalized spacial score (nSPS) is 9.50. The molecule has 0 radical (unpaired) electrons. The molecule has 0 saturated heterocycles. The molecule has 0 aliphatic heterocycles. The fourth-order valence-corrected chi connectivity index (χ4v) is 1.18. The first-order valence-corrected chi connectivity index (χ1v) is 5.28. The van der Waals surface area contributed by atoms with Gasteiger partial charge >= 0.3 is 0 Å². The number of aromatic nitrogens is 6. The predicted octanol–water partition coefficient (Wildman–Crippen LogP) is 3.32. The van der Waals surface area contributed by atoms with Crippen molar-refractivity contribution in [2.24, 2.45) is 30.9 Å². The van der Waals surface area contributed by atoms with Gasteiger partial charge in [-0.15, -0.1) is 20.4 Å². The summed E-state index contributed by atoms with van der Waals surface area (Å²) in [5.41, 5.74) is 33.7. The Labute approximate surface area is 127 Å². The number of rotatable bonds is 6. The van der Waals surface area contributed by atoms with Gasteiger partial charge < -0.3 is 0 Å². The van der Waals surface area contributed by atoms with E-state index in [0.717, 1.165) is 0 Å². The molecule has 0 fully saturated rings. The molecule has 0 N–H and O–H groups in total. The van der Waals surface area contributed by atoms with E-state index in [1.807, 2.05) is 0 Å². The first-order valence-electron chi connectivity index (χ1n) is 5.28. The molecule has 0 unspecified atom stereocenters. The molecule has 0 bridgehead atoms. The molecule has 2 aromatic rings. The van der Waals surface area contributed by atoms with Crippen molar-refractivity contribution in [1.29, 1.82) is 0 Å². The van der Waals surface area contributed by atoms with Crippen LogP contribution in [0.4, 0.5) is 23.8 Å². The molecule has 20 heteroatoms. The average molecular weight is 328 g/mol. The summed E-state index contributed by atoms with van der Waals surface area (Å²) in [7, 11) is 0. The molecule has 0 aliphatic carbocycles. The summed E-state index contributed by atoms with van der Waals surface area (Å²) >= 11 is 0. The zero-order chi connectivity index (χ0) is 17.4. The van der Waals surface area contributed by atoms with Gasteiger partial charge in [0.2, 0.25) is 23.8 Å². The summed E-state index contributed by atoms with van der Waals surface area (Å²) in [4.78, 5) is 9.92. The summed E-state index contributed by atoms with van der Waals surface area (Å²) < 4.78 is 1.33. The van der Waals surface area contributed by atoms with E-state index in [-0.39, 0.29) is 0 Å². The van der Waals surface area contributed by atoms with E-state index in [9.17, 15) is 0 Å². The lowest BCUT2D eigenvalue weighted by molar-refractivity contribution is 0.689. The van der Waals surface area contributed by atoms with Crippen LogP contribution in [-0.2, 0) is 0 Å². The molecular formula is C4N20. The van der Waals surface area contributed by atoms with Crippen molar-refractivity contribution < 1.29 is 0 Å². The second kappa shape index (κ2) is 7.22. The highest BCUT2D eigenvalue weighted by molar-refractivity contribution is 5.28. The Morgan fingerprint density at radius 2 is 0.792 bits per heavy atom. The van der Waals surface area contributed by atoms with Crippen LogP contribution in [0, 0.1) is 0 Å². The second-order valence-electron chi connectivity index (χ2n) is 3.16. The Bertz CT molecular complexity index is 820. The number of hydrogen-bond acceptors (Lipinski definition) is 10. The van der Waals surface area contributed by atoms with Crippen molar-refractivity contribution in [1.82, 2.24) is 29.7 Å². The Balaban J connectivity index is 2.59. The van der Waals surface area contributed by atoms with Crippen LogP contribution in [0.15, 0.2) is 30.9 Å². The lowest BCUT2D eigenvalue weighted by Gasteiger charge is -1.97. The van der Waals surface area contributed by atoms with Crippen LogP contribution in [0.25, 0.3) is 41.8 Å². The fraction of sp³-hybridized carbons (Fsp3) is 0. The van der Waals surface area contributed by atoms with Crippen LogP contribution < -0.4 is 0 Å². The van der Waals surface area contributed by atoms with Gasteiger partial charge in [0.25, 0.3) is 0 Å². The minimum atomic E-state index is -0.410. The van der Waals surface area contributed by atoms with Gasteiger partial charge in [0.1, 0.15) is 0 Å². The van der Waals surface area contributed by atoms with E-state index in [0.29, 0.717) is 9.35 Å². The van der Waals surface area contributed by atoms with Crippen molar-refractivity contribution in [3.05, 3.63) is 41.8 Å². The van der Waals surface area contributed by atoms with Gasteiger partial charge in [-0.1, -0.05) is 0 Å². The molecule has 0 aliphatic rings. The second-order valence-corrected chi connectivity index (χ2v) is 3.16. The Morgan fingerprint density at radius 3 is 1.00 bits per heavy atom. The molecule has 0 saturated carbocycles. The zero-order valence-corrected chi connectivity index (χ0v) is 10.9. The quantitative estimate of drug-likeness (QED) is 0.437. The van der Waals surface area contributed by atoms with Crippen LogP contribution in [0.1, 0.15) is 0 Å². The maximum atomic E-state index is 8.43. The number of azide groups is 4. The van der Waals surface area contributed by atoms with Gasteiger partial charge in [-0.05, 0) is 53.0 Å². The van der Waals surface area contributed by atoms with E-state index >= 15 is 0 Å². The lowest BCUT2D eigenvalue weighted by atomic mass is 11.0. The van der Waals surface area contributed by atoms with E-state index in [2.05, 4.69) is 70.9 Å². The SMILES string of the molecule is [N-]=[N+]=Nc1nnc(N=[N+]=[N-])n1/N=N/n1c(N=[N+]=[N-])nnc1N=[N+]=[N-]. The molecule has 20 nitrogen and oxygen atoms in total. The van der Waals surface area contributed by atoms with Gasteiger partial charge in [-0.3, -0.25) is 0 Å². The maximum absolute atomic E-state index is 8.43. The monoisotopic (exact) mass is 328 g/mol. The third-order valence-corrected chi connectivity index (χ3v) is 1.97. The largest absolute Gasteiger partial charge is 0.243 e. The molecule has 2 aromatic heterocycles. The van der Waals surface area contributed by atoms with E-state index in [1.54, 1.807) is 0 Å². The van der Waals surface area contributed by atoms with Crippen molar-refractivity contribution in [2.45, 2.75) is 0 Å². The Morgan fingerprint density at radius 1 is 0.542 bits per heavy atom. The first kappa shape index (κ1) is 15.5. The van der Waals surface area contributed by atoms with Crippen LogP contribution in [0.3, 0.4) is 0 Å². The average Bonchev–Trinajstić information content (AvgIpc) is 3.12. The highest BCUT2D eigenvalue weighted by Crippen LogP contribution is 2.21. The first-order chi connectivity index (χ1) is 11.7. The third kappa shape index (κ3) is 3.06. The van der Waals surface area contributed by atoms with E-state index in [1.165, 1.54) is 0 Å². The third-order valence-electron chi connectivity index (χ3n) is 1.97. The van der Waals surface area contributed by atoms with Crippen molar-refractivity contribution >= 4 is 23.8 Å². The molecule has 24 heavy (non-hydrogen) atoms. The molecular weight excluding hydrogens is 328 g/mol. The lowest BCUT2D eigenvalue weighted by Crippen LogP contribution is -1.91. The summed E-state index contributed by atoms with van der Waals surface area (Å²) in [6, 6.07) is 0. The zero-order valence-electron chi connectivity index (χ0n) is 10.9. The highest BCUT2D eigenvalue weighted by atomic mass is 15.7. The van der Waals surface area contributed by atoms with Crippen LogP contribution in [0.5, 0.6) is 0 Å². The van der Waals surface area contributed by atoms with Crippen molar-refractivity contribution in [2.75, 3.05) is 0 Å². The molecule has 0 amide bonds. The molecule has 0 atom stereocenters. The Kier molecular flexibility index (Phi) is 4.67. The van der Waals surface area contributed by atoms with Gasteiger partial charge in [-0.2, -0.15) is 9.35 Å². The summed E-state index contributed by atoms with van der Waals surface area (Å²) in [5.74, 6) is -1.64. The topological polar surface area (TPSA) is 281 Å². The van der Waals surface area contributed by atoms with Crippen molar-refractivity contribution in [3.63, 3.8) is 0 Å². The van der Waals surface area contributed by atoms with E-state index < -0.39 is 23.8 Å². The van der Waals surface area contributed by atoms with Gasteiger partial charge in [0, 0.05) is 19.6 Å². The number of nitrogens with zero attached hydrogens (tertiary/aromatic N) is 20. The number of hydrogen-bond donors (Lipinski definition) is 0. The summed E-state index contributed by atoms with van der Waals surface area (Å²) in [6.07, 6.45) is 0. The highest BCUT2D eigenvalue weighted by Gasteiger charge is 2.12. The van der Waals surface area contributed by atoms with Crippen LogP contribution in [-0.4, -0.2) is 29.7 Å². The predicted molar refractivity (Wildman–Crippen MR) is 70.9 cm³/mol. The minimum absolute atomic E-state index is 0.410. The van der Waals surface area contributed by atoms with Crippen molar-refractivity contribution in [3.8, 4) is 0 Å². The summed E-state index contributed by atoms with van der Waals surface area (Å²) in [6.45, 7) is 0. The van der Waals surface area contributed by atoms with E-state index in [4.69, 9.17) is 22.1 Å². The van der Waals surface area contributed by atoms with Gasteiger partial charge in [-0.25, -0.2) is 0 Å². The molecule has 116 valence electrons. The van der Waals surface area contributed by atoms with Gasteiger partial charge in [0.15, 0.2) is 0 Å². The smallest absolute Gasteiger partial charge is 0.168 e. The summed E-state index contributed by atoms with van der Waals surface area (Å²) in [5, 5.41) is 33.3. The Hall–Kier alpha value is -4.88. The fourth-order valence-electron chi connectivity index (χ4n) is 1.18. The molecule has 2 heterocycles. The minimum Gasteiger partial charge on any atom is -0.168 e. The maximum Gasteiger partial charge on any atom is 0.243 e. The standard InChI is InChI=1S/C4N20/c5-17-13-1-9-10-2(14-18-6)23(1)21-22-24-3(15-19-7)11-12-4(24)16-20-8/b22-21+. The van der Waals surface area contributed by atoms with Crippen LogP contribution in [0.2, 0.25) is 0 Å². The molecule has 0 aromatic carbocycles.